The molecule has 6 heteroatoms. The van der Waals surface area contributed by atoms with Crippen LogP contribution >= 0.6 is 0 Å². The number of pyridine rings is 1. The van der Waals surface area contributed by atoms with E-state index < -0.39 is 0 Å². The third-order valence-corrected chi connectivity index (χ3v) is 4.77. The number of anilines is 1. The van der Waals surface area contributed by atoms with Crippen LogP contribution in [0.15, 0.2) is 35.1 Å². The molecule has 3 heterocycles. The van der Waals surface area contributed by atoms with Gasteiger partial charge in [-0.25, -0.2) is 4.98 Å². The molecule has 1 N–H and O–H groups in total. The van der Waals surface area contributed by atoms with Gasteiger partial charge in [0, 0.05) is 23.4 Å². The minimum atomic E-state index is -0.103. The molecule has 1 aromatic carbocycles. The Morgan fingerprint density at radius 1 is 1.15 bits per heavy atom. The quantitative estimate of drug-likeness (QED) is 0.611. The van der Waals surface area contributed by atoms with Crippen molar-refractivity contribution in [2.24, 2.45) is 7.05 Å². The number of hydrogen-bond acceptors (Lipinski definition) is 4. The van der Waals surface area contributed by atoms with Crippen LogP contribution in [0.5, 0.6) is 0 Å². The Morgan fingerprint density at radius 3 is 2.73 bits per heavy atom. The van der Waals surface area contributed by atoms with E-state index in [9.17, 15) is 4.79 Å². The Morgan fingerprint density at radius 2 is 1.92 bits per heavy atom. The Hall–Kier alpha value is -3.15. The molecule has 4 aromatic rings. The Labute approximate surface area is 150 Å². The summed E-state index contributed by atoms with van der Waals surface area (Å²) < 4.78 is 7.34. The highest BCUT2D eigenvalue weighted by Crippen LogP contribution is 2.25. The van der Waals surface area contributed by atoms with Crippen LogP contribution in [-0.2, 0) is 18.3 Å². The van der Waals surface area contributed by atoms with E-state index in [1.165, 1.54) is 11.1 Å². The van der Waals surface area contributed by atoms with Gasteiger partial charge < -0.3 is 9.73 Å². The second kappa shape index (κ2) is 5.98. The van der Waals surface area contributed by atoms with Crippen LogP contribution in [0.25, 0.3) is 22.0 Å². The second-order valence-corrected chi connectivity index (χ2v) is 6.72. The van der Waals surface area contributed by atoms with E-state index in [0.717, 1.165) is 33.3 Å². The van der Waals surface area contributed by atoms with Crippen LogP contribution in [0.1, 0.15) is 22.4 Å². The van der Waals surface area contributed by atoms with Gasteiger partial charge in [0.1, 0.15) is 5.58 Å². The van der Waals surface area contributed by atoms with Crippen molar-refractivity contribution in [1.29, 1.82) is 0 Å². The van der Waals surface area contributed by atoms with Gasteiger partial charge in [-0.15, -0.1) is 0 Å². The minimum Gasteiger partial charge on any atom is -0.464 e. The second-order valence-electron chi connectivity index (χ2n) is 6.72. The molecular weight excluding hydrogens is 328 g/mol. The van der Waals surface area contributed by atoms with E-state index in [1.807, 2.05) is 33.0 Å². The average Bonchev–Trinajstić information content (AvgIpc) is 3.09. The van der Waals surface area contributed by atoms with Crippen molar-refractivity contribution in [3.8, 4) is 0 Å². The lowest BCUT2D eigenvalue weighted by Crippen LogP contribution is -2.14. The molecule has 0 unspecified atom stereocenters. The molecule has 6 nitrogen and oxygen atoms in total. The summed E-state index contributed by atoms with van der Waals surface area (Å²) in [5.74, 6) is -0.103. The van der Waals surface area contributed by atoms with Crippen molar-refractivity contribution in [3.63, 3.8) is 0 Å². The van der Waals surface area contributed by atoms with Crippen molar-refractivity contribution < 1.29 is 9.21 Å². The predicted octanol–water partition coefficient (Wildman–Crippen LogP) is 3.82. The van der Waals surface area contributed by atoms with Crippen molar-refractivity contribution in [3.05, 3.63) is 53.0 Å². The molecule has 1 amide bonds. The number of aryl methyl sites for hydroxylation is 4. The van der Waals surface area contributed by atoms with E-state index in [4.69, 9.17) is 4.42 Å². The highest BCUT2D eigenvalue weighted by molar-refractivity contribution is 5.96. The number of aromatic nitrogens is 3. The number of rotatable bonds is 3. The van der Waals surface area contributed by atoms with E-state index >= 15 is 0 Å². The first-order chi connectivity index (χ1) is 12.4. The van der Waals surface area contributed by atoms with Gasteiger partial charge >= 0.3 is 0 Å². The molecular formula is C20H20N4O2. The standard InChI is InChI=1S/C20H20N4O2/c1-11-5-17-14(10-26-18(17)6-12(11)2)7-19(25)22-15-8-16-13(3)23-24(4)20(16)21-9-15/h5-6,8-10H,7H2,1-4H3,(H,22,25). The van der Waals surface area contributed by atoms with Gasteiger partial charge in [-0.2, -0.15) is 5.10 Å². The molecule has 0 bridgehead atoms. The number of nitrogens with one attached hydrogen (secondary N) is 1. The average molecular weight is 348 g/mol. The molecule has 0 saturated carbocycles. The van der Waals surface area contributed by atoms with Gasteiger partial charge in [-0.1, -0.05) is 0 Å². The zero-order valence-corrected chi connectivity index (χ0v) is 15.3. The van der Waals surface area contributed by atoms with Gasteiger partial charge in [-0.3, -0.25) is 9.48 Å². The van der Waals surface area contributed by atoms with Crippen LogP contribution in [-0.4, -0.2) is 20.7 Å². The third-order valence-electron chi connectivity index (χ3n) is 4.77. The molecule has 4 rings (SSSR count). The maximum Gasteiger partial charge on any atom is 0.228 e. The van der Waals surface area contributed by atoms with Crippen LogP contribution in [0.2, 0.25) is 0 Å². The number of amides is 1. The van der Waals surface area contributed by atoms with Crippen LogP contribution in [0, 0.1) is 20.8 Å². The molecule has 132 valence electrons. The molecule has 26 heavy (non-hydrogen) atoms. The number of hydrogen-bond donors (Lipinski definition) is 1. The normalized spacial score (nSPS) is 11.4. The number of benzene rings is 1. The zero-order valence-electron chi connectivity index (χ0n) is 15.3. The molecule has 0 aliphatic rings. The van der Waals surface area contributed by atoms with Gasteiger partial charge in [0.2, 0.25) is 5.91 Å². The highest BCUT2D eigenvalue weighted by Gasteiger charge is 2.13. The topological polar surface area (TPSA) is 73.0 Å². The van der Waals surface area contributed by atoms with Gasteiger partial charge in [0.25, 0.3) is 0 Å². The number of carbonyl (C=O) groups excluding carboxylic acids is 1. The summed E-state index contributed by atoms with van der Waals surface area (Å²) in [7, 11) is 1.86. The molecule has 0 saturated heterocycles. The molecule has 0 radical (unpaired) electrons. The fourth-order valence-corrected chi connectivity index (χ4v) is 3.23. The van der Waals surface area contributed by atoms with Crippen molar-refractivity contribution in [1.82, 2.24) is 14.8 Å². The summed E-state index contributed by atoms with van der Waals surface area (Å²) >= 11 is 0. The molecule has 3 aromatic heterocycles. The van der Waals surface area contributed by atoms with Gasteiger partial charge in [-0.05, 0) is 50.1 Å². The maximum absolute atomic E-state index is 12.5. The third kappa shape index (κ3) is 2.73. The molecule has 0 aliphatic carbocycles. The largest absolute Gasteiger partial charge is 0.464 e. The summed E-state index contributed by atoms with van der Waals surface area (Å²) in [5.41, 5.74) is 6.40. The minimum absolute atomic E-state index is 0.103. The van der Waals surface area contributed by atoms with Gasteiger partial charge in [0.05, 0.1) is 30.3 Å². The molecule has 0 atom stereocenters. The predicted molar refractivity (Wildman–Crippen MR) is 101 cm³/mol. The highest BCUT2D eigenvalue weighted by atomic mass is 16.3. The summed E-state index contributed by atoms with van der Waals surface area (Å²) in [6.45, 7) is 6.04. The first-order valence-corrected chi connectivity index (χ1v) is 8.49. The first kappa shape index (κ1) is 16.3. The van der Waals surface area contributed by atoms with Crippen LogP contribution in [0.3, 0.4) is 0 Å². The summed E-state index contributed by atoms with van der Waals surface area (Å²) in [6, 6.07) is 5.99. The zero-order chi connectivity index (χ0) is 18.4. The monoisotopic (exact) mass is 348 g/mol. The molecule has 0 aliphatic heterocycles. The van der Waals surface area contributed by atoms with Crippen molar-refractivity contribution >= 4 is 33.6 Å². The molecule has 0 spiro atoms. The number of furan rings is 1. The molecule has 0 fully saturated rings. The smallest absolute Gasteiger partial charge is 0.228 e. The van der Waals surface area contributed by atoms with Crippen molar-refractivity contribution in [2.45, 2.75) is 27.2 Å². The van der Waals surface area contributed by atoms with Gasteiger partial charge in [0.15, 0.2) is 5.65 Å². The fourth-order valence-electron chi connectivity index (χ4n) is 3.23. The van der Waals surface area contributed by atoms with Crippen LogP contribution in [0.4, 0.5) is 5.69 Å². The SMILES string of the molecule is Cc1cc2occ(CC(=O)Nc3cnc4c(c3)c(C)nn4C)c2cc1C. The lowest BCUT2D eigenvalue weighted by Gasteiger charge is -2.05. The lowest BCUT2D eigenvalue weighted by atomic mass is 10.0. The number of carbonyl (C=O) groups is 1. The van der Waals surface area contributed by atoms with E-state index in [1.54, 1.807) is 17.1 Å². The van der Waals surface area contributed by atoms with E-state index in [2.05, 4.69) is 28.4 Å². The Balaban J connectivity index is 1.58. The fraction of sp³-hybridized carbons (Fsp3) is 0.250. The Kier molecular flexibility index (Phi) is 3.76. The van der Waals surface area contributed by atoms with Crippen molar-refractivity contribution in [2.75, 3.05) is 5.32 Å². The summed E-state index contributed by atoms with van der Waals surface area (Å²) in [4.78, 5) is 16.9. The van der Waals surface area contributed by atoms with Crippen LogP contribution < -0.4 is 5.32 Å². The lowest BCUT2D eigenvalue weighted by molar-refractivity contribution is -0.115. The van der Waals surface area contributed by atoms with E-state index in [-0.39, 0.29) is 12.3 Å². The number of nitrogens with zero attached hydrogens (tertiary/aromatic N) is 3. The maximum atomic E-state index is 12.5. The summed E-state index contributed by atoms with van der Waals surface area (Å²) in [5, 5.41) is 9.19. The number of fused-ring (bicyclic) bond motifs is 2. The first-order valence-electron chi connectivity index (χ1n) is 8.49. The summed E-state index contributed by atoms with van der Waals surface area (Å²) in [6.07, 6.45) is 3.57. The Bertz CT molecular complexity index is 1150. The van der Waals surface area contributed by atoms with E-state index in [0.29, 0.717) is 5.69 Å².